The van der Waals surface area contributed by atoms with Gasteiger partial charge in [0.05, 0.1) is 17.7 Å². The second-order valence-corrected chi connectivity index (χ2v) is 2.69. The molecule has 0 amide bonds. The molecule has 1 aromatic rings. The van der Waals surface area contributed by atoms with Crippen molar-refractivity contribution < 1.29 is 9.90 Å². The molecule has 0 aliphatic heterocycles. The highest BCUT2D eigenvalue weighted by Gasteiger charge is 2.02. The van der Waals surface area contributed by atoms with Crippen LogP contribution in [0.3, 0.4) is 0 Å². The van der Waals surface area contributed by atoms with E-state index in [1.165, 1.54) is 0 Å². The number of phenols is 1. The lowest BCUT2D eigenvalue weighted by Gasteiger charge is -1.98. The number of benzene rings is 1. The third-order valence-electron chi connectivity index (χ3n) is 1.68. The molecule has 0 aliphatic rings. The number of hydrogen-bond acceptors (Lipinski definition) is 3. The fourth-order valence-electron chi connectivity index (χ4n) is 0.985. The van der Waals surface area contributed by atoms with E-state index in [2.05, 4.69) is 17.2 Å². The van der Waals surface area contributed by atoms with Gasteiger partial charge in [0.15, 0.2) is 6.29 Å². The van der Waals surface area contributed by atoms with Crippen molar-refractivity contribution in [3.05, 3.63) is 29.3 Å². The zero-order chi connectivity index (χ0) is 10.4. The number of carbonyl (C=O) groups is 1. The van der Waals surface area contributed by atoms with E-state index in [9.17, 15) is 9.90 Å². The molecule has 2 N–H and O–H groups in total. The maximum atomic E-state index is 10.5. The molecule has 72 valence electrons. The lowest BCUT2D eigenvalue weighted by atomic mass is 10.1. The molecule has 0 aromatic heterocycles. The molecule has 0 unspecified atom stereocenters. The molecule has 1 aromatic carbocycles. The molecule has 3 heteroatoms. The molecule has 0 heterocycles. The number of para-hydroxylation sites is 1. The van der Waals surface area contributed by atoms with Crippen LogP contribution in [0.4, 0.5) is 0 Å². The van der Waals surface area contributed by atoms with Gasteiger partial charge in [-0.25, -0.2) is 0 Å². The van der Waals surface area contributed by atoms with E-state index in [0.29, 0.717) is 18.4 Å². The second-order valence-electron chi connectivity index (χ2n) is 2.69. The first kappa shape index (κ1) is 10.3. The van der Waals surface area contributed by atoms with Crippen molar-refractivity contribution in [1.29, 1.82) is 0 Å². The van der Waals surface area contributed by atoms with Gasteiger partial charge in [0.2, 0.25) is 0 Å². The van der Waals surface area contributed by atoms with Crippen LogP contribution in [0.2, 0.25) is 0 Å². The van der Waals surface area contributed by atoms with Gasteiger partial charge in [-0.3, -0.25) is 4.79 Å². The van der Waals surface area contributed by atoms with E-state index in [0.717, 1.165) is 0 Å². The van der Waals surface area contributed by atoms with Crippen molar-refractivity contribution in [3.63, 3.8) is 0 Å². The molecule has 0 radical (unpaired) electrons. The van der Waals surface area contributed by atoms with Crippen LogP contribution >= 0.6 is 0 Å². The molecule has 0 bridgehead atoms. The summed E-state index contributed by atoms with van der Waals surface area (Å²) in [6.45, 7) is 0.546. The van der Waals surface area contributed by atoms with Crippen LogP contribution in [0.5, 0.6) is 5.75 Å². The zero-order valence-electron chi connectivity index (χ0n) is 7.87. The molecular formula is C11H11NO2. The lowest BCUT2D eigenvalue weighted by molar-refractivity contribution is 0.112. The molecule has 0 aliphatic carbocycles. The summed E-state index contributed by atoms with van der Waals surface area (Å²) in [5, 5.41) is 12.4. The SMILES string of the molecule is CNCC#Cc1cccc(C=O)c1O. The Bertz CT molecular complexity index is 388. The van der Waals surface area contributed by atoms with Gasteiger partial charge in [-0.1, -0.05) is 17.9 Å². The van der Waals surface area contributed by atoms with E-state index in [4.69, 9.17) is 0 Å². The summed E-state index contributed by atoms with van der Waals surface area (Å²) in [5.74, 6) is 5.52. The Morgan fingerprint density at radius 1 is 1.57 bits per heavy atom. The predicted molar refractivity (Wildman–Crippen MR) is 54.3 cm³/mol. The van der Waals surface area contributed by atoms with Gasteiger partial charge in [0.25, 0.3) is 0 Å². The van der Waals surface area contributed by atoms with Gasteiger partial charge < -0.3 is 10.4 Å². The van der Waals surface area contributed by atoms with Crippen molar-refractivity contribution >= 4 is 6.29 Å². The highest BCUT2D eigenvalue weighted by molar-refractivity contribution is 5.80. The average molecular weight is 189 g/mol. The molecule has 3 nitrogen and oxygen atoms in total. The average Bonchev–Trinajstić information content (AvgIpc) is 2.21. The molecular weight excluding hydrogens is 178 g/mol. The van der Waals surface area contributed by atoms with Gasteiger partial charge in [0, 0.05) is 0 Å². The van der Waals surface area contributed by atoms with Crippen LogP contribution in [-0.4, -0.2) is 25.0 Å². The lowest BCUT2D eigenvalue weighted by Crippen LogP contribution is -2.04. The minimum atomic E-state index is -0.0499. The number of nitrogens with one attached hydrogen (secondary N) is 1. The zero-order valence-corrected chi connectivity index (χ0v) is 7.87. The molecule has 0 atom stereocenters. The first-order valence-corrected chi connectivity index (χ1v) is 4.20. The summed E-state index contributed by atoms with van der Waals surface area (Å²) in [6.07, 6.45) is 0.610. The fourth-order valence-corrected chi connectivity index (χ4v) is 0.985. The second kappa shape index (κ2) is 5.05. The minimum absolute atomic E-state index is 0.0499. The predicted octanol–water partition coefficient (Wildman–Crippen LogP) is 0.776. The van der Waals surface area contributed by atoms with Crippen molar-refractivity contribution in [1.82, 2.24) is 5.32 Å². The number of aldehydes is 1. The van der Waals surface area contributed by atoms with Crippen molar-refractivity contribution in [2.24, 2.45) is 0 Å². The van der Waals surface area contributed by atoms with Crippen LogP contribution in [0.25, 0.3) is 0 Å². The number of hydrogen-bond donors (Lipinski definition) is 2. The largest absolute Gasteiger partial charge is 0.506 e. The van der Waals surface area contributed by atoms with Crippen LogP contribution in [0.15, 0.2) is 18.2 Å². The monoisotopic (exact) mass is 189 g/mol. The van der Waals surface area contributed by atoms with Crippen LogP contribution < -0.4 is 5.32 Å². The number of rotatable bonds is 2. The fraction of sp³-hybridized carbons (Fsp3) is 0.182. The van der Waals surface area contributed by atoms with Gasteiger partial charge in [-0.15, -0.1) is 0 Å². The van der Waals surface area contributed by atoms with E-state index >= 15 is 0 Å². The van der Waals surface area contributed by atoms with Crippen molar-refractivity contribution in [2.75, 3.05) is 13.6 Å². The first-order valence-electron chi connectivity index (χ1n) is 4.20. The van der Waals surface area contributed by atoms with E-state index in [1.54, 1.807) is 25.2 Å². The standard InChI is InChI=1S/C11H11NO2/c1-12-7-3-6-9-4-2-5-10(8-13)11(9)14/h2,4-5,8,12,14H,7H2,1H3. The Morgan fingerprint density at radius 2 is 2.36 bits per heavy atom. The van der Waals surface area contributed by atoms with E-state index in [1.807, 2.05) is 0 Å². The Morgan fingerprint density at radius 3 is 3.00 bits per heavy atom. The first-order chi connectivity index (χ1) is 6.79. The number of carbonyl (C=O) groups excluding carboxylic acids is 1. The molecule has 0 saturated heterocycles. The smallest absolute Gasteiger partial charge is 0.153 e. The summed E-state index contributed by atoms with van der Waals surface area (Å²) >= 11 is 0. The van der Waals surface area contributed by atoms with Crippen molar-refractivity contribution in [3.8, 4) is 17.6 Å². The molecule has 0 spiro atoms. The topological polar surface area (TPSA) is 49.3 Å². The van der Waals surface area contributed by atoms with Crippen LogP contribution in [0, 0.1) is 11.8 Å². The van der Waals surface area contributed by atoms with Gasteiger partial charge in [-0.2, -0.15) is 0 Å². The van der Waals surface area contributed by atoms with E-state index in [-0.39, 0.29) is 11.3 Å². The summed E-state index contributed by atoms with van der Waals surface area (Å²) in [6, 6.07) is 4.91. The van der Waals surface area contributed by atoms with Crippen LogP contribution in [-0.2, 0) is 0 Å². The van der Waals surface area contributed by atoms with Gasteiger partial charge in [0.1, 0.15) is 5.75 Å². The Hall–Kier alpha value is -1.79. The van der Waals surface area contributed by atoms with Gasteiger partial charge >= 0.3 is 0 Å². The molecule has 0 saturated carbocycles. The summed E-state index contributed by atoms with van der Waals surface area (Å²) < 4.78 is 0. The number of phenolic OH excluding ortho intramolecular Hbond substituents is 1. The molecule has 1 rings (SSSR count). The van der Waals surface area contributed by atoms with Crippen LogP contribution in [0.1, 0.15) is 15.9 Å². The van der Waals surface area contributed by atoms with E-state index < -0.39 is 0 Å². The molecule has 0 fully saturated rings. The highest BCUT2D eigenvalue weighted by Crippen LogP contribution is 2.19. The third-order valence-corrected chi connectivity index (χ3v) is 1.68. The Balaban J connectivity index is 2.99. The number of aromatic hydroxyl groups is 1. The maximum Gasteiger partial charge on any atom is 0.153 e. The van der Waals surface area contributed by atoms with Crippen molar-refractivity contribution in [2.45, 2.75) is 0 Å². The normalized spacial score (nSPS) is 8.93. The Labute approximate surface area is 82.8 Å². The summed E-state index contributed by atoms with van der Waals surface area (Å²) in [5.41, 5.74) is 0.742. The minimum Gasteiger partial charge on any atom is -0.506 e. The summed E-state index contributed by atoms with van der Waals surface area (Å²) in [4.78, 5) is 10.5. The highest BCUT2D eigenvalue weighted by atomic mass is 16.3. The van der Waals surface area contributed by atoms with Gasteiger partial charge in [-0.05, 0) is 19.2 Å². The molecule has 14 heavy (non-hydrogen) atoms. The third kappa shape index (κ3) is 2.35. The maximum absolute atomic E-state index is 10.5. The Kier molecular flexibility index (Phi) is 3.71. The summed E-state index contributed by atoms with van der Waals surface area (Å²) in [7, 11) is 1.79. The quantitative estimate of drug-likeness (QED) is 0.534.